The molecule has 1 aromatic rings. The second kappa shape index (κ2) is 6.86. The maximum absolute atomic E-state index is 13.3. The Balaban J connectivity index is 3.34. The van der Waals surface area contributed by atoms with Gasteiger partial charge in [-0.25, -0.2) is 4.98 Å². The largest absolute Gasteiger partial charge is 0.439 e. The van der Waals surface area contributed by atoms with Gasteiger partial charge in [0.15, 0.2) is 0 Å². The number of amides is 1. The number of aromatic nitrogens is 1. The number of hydrogen-bond donors (Lipinski definition) is 2. The SMILES string of the molecule is Cc1cccc(NC(NC(=O)CC(C)C)(C(F)(F)F)C(F)(F)F)n1. The fourth-order valence-corrected chi connectivity index (χ4v) is 1.91. The number of hydrogen-bond acceptors (Lipinski definition) is 3. The van der Waals surface area contributed by atoms with Crippen molar-refractivity contribution in [3.8, 4) is 0 Å². The number of nitrogens with one attached hydrogen (secondary N) is 2. The minimum Gasteiger partial charge on any atom is -0.332 e. The first kappa shape index (κ1) is 20.0. The van der Waals surface area contributed by atoms with Gasteiger partial charge in [-0.2, -0.15) is 26.3 Å². The normalized spacial score (nSPS) is 13.1. The summed E-state index contributed by atoms with van der Waals surface area (Å²) in [7, 11) is 0. The first-order valence-corrected chi connectivity index (χ1v) is 6.95. The summed E-state index contributed by atoms with van der Waals surface area (Å²) in [4.78, 5) is 15.2. The van der Waals surface area contributed by atoms with Crippen LogP contribution in [0.25, 0.3) is 0 Å². The van der Waals surface area contributed by atoms with Crippen LogP contribution in [0.4, 0.5) is 32.2 Å². The summed E-state index contributed by atoms with van der Waals surface area (Å²) < 4.78 is 80.0. The van der Waals surface area contributed by atoms with E-state index in [-0.39, 0.29) is 5.69 Å². The van der Waals surface area contributed by atoms with E-state index >= 15 is 0 Å². The van der Waals surface area contributed by atoms with Crippen molar-refractivity contribution in [1.82, 2.24) is 10.3 Å². The molecule has 0 aromatic carbocycles. The molecule has 2 N–H and O–H groups in total. The first-order chi connectivity index (χ1) is 10.8. The van der Waals surface area contributed by atoms with Gasteiger partial charge in [0.2, 0.25) is 5.91 Å². The Morgan fingerprint density at radius 1 is 1.12 bits per heavy atom. The van der Waals surface area contributed by atoms with Gasteiger partial charge in [-0.3, -0.25) is 4.79 Å². The van der Waals surface area contributed by atoms with Crippen molar-refractivity contribution in [2.24, 2.45) is 5.92 Å². The van der Waals surface area contributed by atoms with E-state index in [1.165, 1.54) is 38.2 Å². The molecular weight excluding hydrogens is 340 g/mol. The lowest BCUT2D eigenvalue weighted by molar-refractivity contribution is -0.296. The number of rotatable bonds is 5. The van der Waals surface area contributed by atoms with Gasteiger partial charge in [0.25, 0.3) is 0 Å². The van der Waals surface area contributed by atoms with E-state index in [9.17, 15) is 31.1 Å². The molecule has 0 unspecified atom stereocenters. The summed E-state index contributed by atoms with van der Waals surface area (Å²) in [5, 5.41) is 2.39. The molecule has 0 spiro atoms. The van der Waals surface area contributed by atoms with Crippen molar-refractivity contribution >= 4 is 11.7 Å². The van der Waals surface area contributed by atoms with Crippen LogP contribution in [0.2, 0.25) is 0 Å². The van der Waals surface area contributed by atoms with Crippen LogP contribution in [0.1, 0.15) is 26.0 Å². The minimum absolute atomic E-state index is 0.215. The number of anilines is 1. The molecule has 10 heteroatoms. The number of carbonyl (C=O) groups is 1. The van der Waals surface area contributed by atoms with Crippen molar-refractivity contribution < 1.29 is 31.1 Å². The van der Waals surface area contributed by atoms with Crippen LogP contribution in [-0.4, -0.2) is 28.9 Å². The third-order valence-electron chi connectivity index (χ3n) is 2.97. The van der Waals surface area contributed by atoms with Crippen molar-refractivity contribution in [1.29, 1.82) is 0 Å². The Labute approximate surface area is 134 Å². The number of pyridine rings is 1. The molecule has 0 saturated heterocycles. The van der Waals surface area contributed by atoms with Gasteiger partial charge in [0, 0.05) is 12.1 Å². The van der Waals surface area contributed by atoms with Crippen LogP contribution >= 0.6 is 0 Å². The van der Waals surface area contributed by atoms with E-state index in [0.717, 1.165) is 11.4 Å². The highest BCUT2D eigenvalue weighted by Crippen LogP contribution is 2.43. The van der Waals surface area contributed by atoms with Crippen molar-refractivity contribution in [2.45, 2.75) is 45.2 Å². The van der Waals surface area contributed by atoms with Crippen LogP contribution in [-0.2, 0) is 4.79 Å². The standard InChI is InChI=1S/C14H17F6N3O/c1-8(2)7-11(24)23-12(13(15,16)17,14(18,19)20)22-10-6-4-5-9(3)21-10/h4-6,8H,7H2,1-3H3,(H,21,22)(H,23,24). The van der Waals surface area contributed by atoms with E-state index in [0.29, 0.717) is 0 Å². The Hall–Kier alpha value is -2.00. The number of aryl methyl sites for hydroxylation is 1. The maximum Gasteiger partial charge on any atom is 0.439 e. The number of carbonyl (C=O) groups excluding carboxylic acids is 1. The first-order valence-electron chi connectivity index (χ1n) is 6.95. The van der Waals surface area contributed by atoms with E-state index in [2.05, 4.69) is 4.98 Å². The van der Waals surface area contributed by atoms with Crippen LogP contribution in [0.5, 0.6) is 0 Å². The molecule has 0 aliphatic rings. The van der Waals surface area contributed by atoms with Gasteiger partial charge >= 0.3 is 18.0 Å². The van der Waals surface area contributed by atoms with Crippen LogP contribution < -0.4 is 10.6 Å². The molecule has 1 rings (SSSR count). The molecule has 1 aromatic heterocycles. The summed E-state index contributed by atoms with van der Waals surface area (Å²) in [6.45, 7) is 4.40. The summed E-state index contributed by atoms with van der Waals surface area (Å²) in [6, 6.07) is 3.61. The van der Waals surface area contributed by atoms with E-state index < -0.39 is 42.1 Å². The lowest BCUT2D eigenvalue weighted by atomic mass is 10.1. The summed E-state index contributed by atoms with van der Waals surface area (Å²) in [5.41, 5.74) is -4.42. The fourth-order valence-electron chi connectivity index (χ4n) is 1.91. The average Bonchev–Trinajstić information content (AvgIpc) is 2.34. The van der Waals surface area contributed by atoms with E-state index in [4.69, 9.17) is 0 Å². The third-order valence-corrected chi connectivity index (χ3v) is 2.97. The molecule has 136 valence electrons. The van der Waals surface area contributed by atoms with Gasteiger partial charge in [-0.05, 0) is 25.0 Å². The minimum atomic E-state index is -5.84. The molecular formula is C14H17F6N3O. The monoisotopic (exact) mass is 357 g/mol. The highest BCUT2D eigenvalue weighted by molar-refractivity contribution is 5.77. The van der Waals surface area contributed by atoms with Crippen molar-refractivity contribution in [3.05, 3.63) is 23.9 Å². The zero-order chi connectivity index (χ0) is 18.8. The topological polar surface area (TPSA) is 54.0 Å². The van der Waals surface area contributed by atoms with Crippen LogP contribution in [0.15, 0.2) is 18.2 Å². The smallest absolute Gasteiger partial charge is 0.332 e. The quantitative estimate of drug-likeness (QED) is 0.623. The average molecular weight is 357 g/mol. The Kier molecular flexibility index (Phi) is 5.73. The highest BCUT2D eigenvalue weighted by atomic mass is 19.4. The second-order valence-electron chi connectivity index (χ2n) is 5.68. The predicted octanol–water partition coefficient (Wildman–Crippen LogP) is 3.79. The van der Waals surface area contributed by atoms with Gasteiger partial charge in [0.1, 0.15) is 5.82 Å². The third kappa shape index (κ3) is 4.51. The van der Waals surface area contributed by atoms with Gasteiger partial charge in [-0.15, -0.1) is 0 Å². The van der Waals surface area contributed by atoms with Gasteiger partial charge < -0.3 is 10.6 Å². The molecule has 0 saturated carbocycles. The Morgan fingerprint density at radius 2 is 1.67 bits per heavy atom. The second-order valence-corrected chi connectivity index (χ2v) is 5.68. The Bertz CT molecular complexity index is 569. The lowest BCUT2D eigenvalue weighted by Crippen LogP contribution is -2.72. The molecule has 4 nitrogen and oxygen atoms in total. The molecule has 0 fully saturated rings. The molecule has 0 atom stereocenters. The van der Waals surface area contributed by atoms with E-state index in [1.54, 1.807) is 0 Å². The maximum atomic E-state index is 13.3. The molecule has 0 aliphatic heterocycles. The van der Waals surface area contributed by atoms with Gasteiger partial charge in [0.05, 0.1) is 0 Å². The van der Waals surface area contributed by atoms with Crippen LogP contribution in [0, 0.1) is 12.8 Å². The molecule has 0 radical (unpaired) electrons. The Morgan fingerprint density at radius 3 is 2.08 bits per heavy atom. The molecule has 24 heavy (non-hydrogen) atoms. The fraction of sp³-hybridized carbons (Fsp3) is 0.571. The van der Waals surface area contributed by atoms with Gasteiger partial charge in [-0.1, -0.05) is 19.9 Å². The number of nitrogens with zero attached hydrogens (tertiary/aromatic N) is 1. The molecule has 1 heterocycles. The summed E-state index contributed by atoms with van der Waals surface area (Å²) in [6.07, 6.45) is -12.2. The zero-order valence-electron chi connectivity index (χ0n) is 13.1. The number of halogens is 6. The predicted molar refractivity (Wildman–Crippen MR) is 75.0 cm³/mol. The zero-order valence-corrected chi connectivity index (χ0v) is 13.1. The summed E-state index contributed by atoms with van der Waals surface area (Å²) >= 11 is 0. The highest BCUT2D eigenvalue weighted by Gasteiger charge is 2.72. The molecule has 0 bridgehead atoms. The van der Waals surface area contributed by atoms with Crippen molar-refractivity contribution in [2.75, 3.05) is 5.32 Å². The van der Waals surface area contributed by atoms with Crippen molar-refractivity contribution in [3.63, 3.8) is 0 Å². The molecule has 0 aliphatic carbocycles. The number of alkyl halides is 6. The lowest BCUT2D eigenvalue weighted by Gasteiger charge is -2.38. The van der Waals surface area contributed by atoms with E-state index in [1.807, 2.05) is 0 Å². The molecule has 1 amide bonds. The summed E-state index contributed by atoms with van der Waals surface area (Å²) in [5.74, 6) is -2.45. The van der Waals surface area contributed by atoms with Crippen LogP contribution in [0.3, 0.4) is 0 Å².